The van der Waals surface area contributed by atoms with Gasteiger partial charge in [0, 0.05) is 11.0 Å². The van der Waals surface area contributed by atoms with E-state index in [1.807, 2.05) is 20.8 Å². The summed E-state index contributed by atoms with van der Waals surface area (Å²) in [5.41, 5.74) is 0.299. The summed E-state index contributed by atoms with van der Waals surface area (Å²) < 4.78 is 0. The summed E-state index contributed by atoms with van der Waals surface area (Å²) >= 11 is 0. The molecular weight excluding hydrogens is 172 g/mol. The molecular formula is C13H18O. The van der Waals surface area contributed by atoms with Gasteiger partial charge in [0.05, 0.1) is 0 Å². The van der Waals surface area contributed by atoms with E-state index in [1.165, 1.54) is 0 Å². The zero-order valence-corrected chi connectivity index (χ0v) is 9.21. The van der Waals surface area contributed by atoms with Crippen LogP contribution < -0.4 is 0 Å². The normalized spacial score (nSPS) is 12.9. The molecule has 0 fully saturated rings. The van der Waals surface area contributed by atoms with Gasteiger partial charge in [-0.05, 0) is 0 Å². The van der Waals surface area contributed by atoms with Gasteiger partial charge in [0.1, 0.15) is 0 Å². The van der Waals surface area contributed by atoms with E-state index in [1.54, 1.807) is 30.4 Å². The molecule has 0 unspecified atom stereocenters. The quantitative estimate of drug-likeness (QED) is 0.490. The van der Waals surface area contributed by atoms with Gasteiger partial charge in [-0.15, -0.1) is 0 Å². The van der Waals surface area contributed by atoms with Gasteiger partial charge in [0.2, 0.25) is 0 Å². The smallest absolute Gasteiger partial charge is 0.168 e. The van der Waals surface area contributed by atoms with Crippen LogP contribution in [0.5, 0.6) is 0 Å². The molecule has 0 spiro atoms. The van der Waals surface area contributed by atoms with E-state index in [-0.39, 0.29) is 11.2 Å². The highest BCUT2D eigenvalue weighted by Crippen LogP contribution is 2.20. The van der Waals surface area contributed by atoms with Crippen LogP contribution in [0.1, 0.15) is 20.8 Å². The van der Waals surface area contributed by atoms with Crippen molar-refractivity contribution in [1.29, 1.82) is 0 Å². The number of carbonyl (C=O) groups excluding carboxylic acids is 1. The third kappa shape index (κ3) is 4.04. The van der Waals surface area contributed by atoms with E-state index in [0.29, 0.717) is 5.57 Å². The molecule has 0 rings (SSSR count). The zero-order chi connectivity index (χ0) is 11.2. The summed E-state index contributed by atoms with van der Waals surface area (Å²) in [5.74, 6) is 0.107. The Kier molecular flexibility index (Phi) is 4.85. The highest BCUT2D eigenvalue weighted by molar-refractivity contribution is 6.01. The van der Waals surface area contributed by atoms with Crippen LogP contribution in [0.25, 0.3) is 0 Å². The van der Waals surface area contributed by atoms with Crippen LogP contribution in [0, 0.1) is 5.41 Å². The van der Waals surface area contributed by atoms with Gasteiger partial charge < -0.3 is 0 Å². The van der Waals surface area contributed by atoms with Crippen molar-refractivity contribution >= 4 is 5.78 Å². The van der Waals surface area contributed by atoms with Crippen LogP contribution in [0.4, 0.5) is 0 Å². The molecule has 0 bridgehead atoms. The molecule has 0 aromatic heterocycles. The molecule has 0 heterocycles. The second-order valence-electron chi connectivity index (χ2n) is 4.03. The zero-order valence-electron chi connectivity index (χ0n) is 9.21. The Morgan fingerprint density at radius 3 is 2.07 bits per heavy atom. The van der Waals surface area contributed by atoms with E-state index in [4.69, 9.17) is 0 Å². The largest absolute Gasteiger partial charge is 0.294 e. The number of rotatable bonds is 4. The molecule has 0 saturated carbocycles. The van der Waals surface area contributed by atoms with Crippen molar-refractivity contribution in [3.63, 3.8) is 0 Å². The monoisotopic (exact) mass is 190 g/mol. The average Bonchev–Trinajstić information content (AvgIpc) is 2.09. The molecule has 0 aromatic carbocycles. The van der Waals surface area contributed by atoms with Crippen molar-refractivity contribution in [3.05, 3.63) is 49.1 Å². The van der Waals surface area contributed by atoms with Crippen LogP contribution >= 0.6 is 0 Å². The summed E-state index contributed by atoms with van der Waals surface area (Å²) in [6.45, 7) is 12.8. The van der Waals surface area contributed by atoms with Crippen molar-refractivity contribution in [2.24, 2.45) is 5.41 Å². The van der Waals surface area contributed by atoms with E-state index in [0.717, 1.165) is 0 Å². The lowest BCUT2D eigenvalue weighted by Gasteiger charge is -2.16. The van der Waals surface area contributed by atoms with Crippen LogP contribution in [0.3, 0.4) is 0 Å². The van der Waals surface area contributed by atoms with Crippen LogP contribution in [0.15, 0.2) is 49.1 Å². The molecule has 0 saturated heterocycles. The van der Waals surface area contributed by atoms with Crippen molar-refractivity contribution < 1.29 is 4.79 Å². The predicted octanol–water partition coefficient (Wildman–Crippen LogP) is 3.46. The first-order chi connectivity index (χ1) is 6.43. The first-order valence-electron chi connectivity index (χ1n) is 4.60. The molecule has 1 nitrogen and oxygen atoms in total. The molecule has 0 aliphatic heterocycles. The Morgan fingerprint density at radius 2 is 1.71 bits per heavy atom. The fraction of sp³-hybridized carbons (Fsp3) is 0.308. The predicted molar refractivity (Wildman–Crippen MR) is 62.1 cm³/mol. The van der Waals surface area contributed by atoms with Crippen LogP contribution in [-0.4, -0.2) is 5.78 Å². The molecule has 0 aliphatic carbocycles. The Labute approximate surface area is 86.5 Å². The topological polar surface area (TPSA) is 17.1 Å². The Morgan fingerprint density at radius 1 is 1.14 bits per heavy atom. The van der Waals surface area contributed by atoms with Gasteiger partial charge in [-0.2, -0.15) is 0 Å². The molecule has 0 atom stereocenters. The minimum absolute atomic E-state index is 0.107. The lowest BCUT2D eigenvalue weighted by Crippen LogP contribution is -2.21. The summed E-state index contributed by atoms with van der Waals surface area (Å²) in [6.07, 6.45) is 8.48. The minimum Gasteiger partial charge on any atom is -0.294 e. The van der Waals surface area contributed by atoms with Gasteiger partial charge in [0.25, 0.3) is 0 Å². The van der Waals surface area contributed by atoms with Gasteiger partial charge in [-0.25, -0.2) is 0 Å². The third-order valence-corrected chi connectivity index (χ3v) is 1.65. The number of hydrogen-bond donors (Lipinski definition) is 0. The lowest BCUT2D eigenvalue weighted by molar-refractivity contribution is -0.122. The molecule has 76 valence electrons. The average molecular weight is 190 g/mol. The first kappa shape index (κ1) is 12.6. The van der Waals surface area contributed by atoms with Gasteiger partial charge in [-0.3, -0.25) is 4.79 Å². The van der Waals surface area contributed by atoms with Crippen molar-refractivity contribution in [1.82, 2.24) is 0 Å². The van der Waals surface area contributed by atoms with Crippen molar-refractivity contribution in [2.45, 2.75) is 20.8 Å². The number of ketones is 1. The summed E-state index contributed by atoms with van der Waals surface area (Å²) in [6, 6.07) is 0. The fourth-order valence-corrected chi connectivity index (χ4v) is 0.939. The second kappa shape index (κ2) is 5.38. The minimum atomic E-state index is -0.361. The number of Topliss-reactive ketones (excluding diaryl/α,β-unsaturated/α-hetero) is 1. The molecule has 0 aromatic rings. The lowest BCUT2D eigenvalue weighted by atomic mass is 9.86. The third-order valence-electron chi connectivity index (χ3n) is 1.65. The van der Waals surface area contributed by atoms with Crippen LogP contribution in [-0.2, 0) is 4.79 Å². The summed E-state index contributed by atoms with van der Waals surface area (Å²) in [4.78, 5) is 11.9. The molecule has 0 amide bonds. The van der Waals surface area contributed by atoms with E-state index in [2.05, 4.69) is 13.2 Å². The van der Waals surface area contributed by atoms with E-state index < -0.39 is 0 Å². The standard InChI is InChI=1S/C13H18O/c1-6-8-10-11(9-7-2)12(14)13(3,4)5/h6-10H,1-2H2,3-5H3/b10-8-,11-9+. The Hall–Kier alpha value is -1.37. The van der Waals surface area contributed by atoms with E-state index in [9.17, 15) is 4.79 Å². The van der Waals surface area contributed by atoms with Gasteiger partial charge in [0.15, 0.2) is 5.78 Å². The molecule has 0 aliphatic rings. The molecule has 0 radical (unpaired) electrons. The number of hydrogen-bond acceptors (Lipinski definition) is 1. The van der Waals surface area contributed by atoms with Crippen molar-refractivity contribution in [3.8, 4) is 0 Å². The molecule has 1 heteroatoms. The maximum absolute atomic E-state index is 11.9. The van der Waals surface area contributed by atoms with Gasteiger partial charge >= 0.3 is 0 Å². The SMILES string of the molecule is C=C/C=C\C(=C/C=C)C(=O)C(C)(C)C. The van der Waals surface area contributed by atoms with E-state index >= 15 is 0 Å². The Balaban J connectivity index is 4.95. The number of carbonyl (C=O) groups is 1. The van der Waals surface area contributed by atoms with Gasteiger partial charge in [-0.1, -0.05) is 64.3 Å². The van der Waals surface area contributed by atoms with Crippen LogP contribution in [0.2, 0.25) is 0 Å². The maximum Gasteiger partial charge on any atom is 0.168 e. The first-order valence-corrected chi connectivity index (χ1v) is 4.60. The summed E-state index contributed by atoms with van der Waals surface area (Å²) in [5, 5.41) is 0. The fourth-order valence-electron chi connectivity index (χ4n) is 0.939. The summed E-state index contributed by atoms with van der Waals surface area (Å²) in [7, 11) is 0. The number of allylic oxidation sites excluding steroid dienone is 6. The molecule has 14 heavy (non-hydrogen) atoms. The molecule has 0 N–H and O–H groups in total. The maximum atomic E-state index is 11.9. The highest BCUT2D eigenvalue weighted by atomic mass is 16.1. The Bertz CT molecular complexity index is 285. The van der Waals surface area contributed by atoms with Crippen molar-refractivity contribution in [2.75, 3.05) is 0 Å². The second-order valence-corrected chi connectivity index (χ2v) is 4.03. The highest BCUT2D eigenvalue weighted by Gasteiger charge is 2.22.